The van der Waals surface area contributed by atoms with Crippen LogP contribution in [0, 0.1) is 0 Å². The molecule has 1 aromatic rings. The zero-order valence-corrected chi connectivity index (χ0v) is 10.6. The van der Waals surface area contributed by atoms with Crippen molar-refractivity contribution in [1.82, 2.24) is 15.0 Å². The van der Waals surface area contributed by atoms with Gasteiger partial charge in [-0.3, -0.25) is 9.69 Å². The van der Waals surface area contributed by atoms with Crippen LogP contribution >= 0.6 is 0 Å². The Balaban J connectivity index is 2.29. The Morgan fingerprint density at radius 3 is 2.82 bits per heavy atom. The van der Waals surface area contributed by atoms with Crippen LogP contribution in [-0.4, -0.2) is 41.2 Å². The number of aryl methyl sites for hydroxylation is 1. The SMILES string of the molecule is CCOC(=O)CCN(C)Cc1nc(CC)no1. The predicted molar refractivity (Wildman–Crippen MR) is 61.3 cm³/mol. The van der Waals surface area contributed by atoms with Gasteiger partial charge in [0.2, 0.25) is 5.89 Å². The second-order valence-corrected chi connectivity index (χ2v) is 3.75. The first kappa shape index (κ1) is 13.6. The Hall–Kier alpha value is -1.43. The summed E-state index contributed by atoms with van der Waals surface area (Å²) in [7, 11) is 1.90. The Labute approximate surface area is 101 Å². The maximum atomic E-state index is 11.2. The van der Waals surface area contributed by atoms with Gasteiger partial charge in [0, 0.05) is 13.0 Å². The molecule has 6 heteroatoms. The molecule has 0 N–H and O–H groups in total. The van der Waals surface area contributed by atoms with Crippen LogP contribution in [0.1, 0.15) is 32.0 Å². The first-order chi connectivity index (χ1) is 8.15. The molecule has 0 amide bonds. The molecule has 0 aromatic carbocycles. The summed E-state index contributed by atoms with van der Waals surface area (Å²) in [5.41, 5.74) is 0. The third-order valence-electron chi connectivity index (χ3n) is 2.23. The molecule has 0 saturated heterocycles. The Morgan fingerprint density at radius 2 is 2.24 bits per heavy atom. The summed E-state index contributed by atoms with van der Waals surface area (Å²) < 4.78 is 9.91. The van der Waals surface area contributed by atoms with Gasteiger partial charge in [-0.15, -0.1) is 0 Å². The van der Waals surface area contributed by atoms with Crippen LogP contribution in [0.15, 0.2) is 4.52 Å². The lowest BCUT2D eigenvalue weighted by molar-refractivity contribution is -0.143. The second kappa shape index (κ2) is 7.01. The van der Waals surface area contributed by atoms with Crippen molar-refractivity contribution in [1.29, 1.82) is 0 Å². The van der Waals surface area contributed by atoms with Crippen molar-refractivity contribution in [2.75, 3.05) is 20.2 Å². The Morgan fingerprint density at radius 1 is 1.47 bits per heavy atom. The predicted octanol–water partition coefficient (Wildman–Crippen LogP) is 1.02. The highest BCUT2D eigenvalue weighted by atomic mass is 16.5. The fourth-order valence-electron chi connectivity index (χ4n) is 1.32. The van der Waals surface area contributed by atoms with Gasteiger partial charge >= 0.3 is 5.97 Å². The van der Waals surface area contributed by atoms with Gasteiger partial charge in [-0.25, -0.2) is 0 Å². The number of hydrogen-bond acceptors (Lipinski definition) is 6. The van der Waals surface area contributed by atoms with Crippen molar-refractivity contribution in [3.8, 4) is 0 Å². The average molecular weight is 241 g/mol. The maximum absolute atomic E-state index is 11.2. The van der Waals surface area contributed by atoms with E-state index in [-0.39, 0.29) is 5.97 Å². The molecular formula is C11H19N3O3. The Kier molecular flexibility index (Phi) is 5.62. The number of rotatable bonds is 7. The quantitative estimate of drug-likeness (QED) is 0.664. The maximum Gasteiger partial charge on any atom is 0.307 e. The van der Waals surface area contributed by atoms with E-state index in [4.69, 9.17) is 9.26 Å². The van der Waals surface area contributed by atoms with Gasteiger partial charge in [0.1, 0.15) is 0 Å². The lowest BCUT2D eigenvalue weighted by Gasteiger charge is -2.12. The van der Waals surface area contributed by atoms with Gasteiger partial charge in [-0.05, 0) is 14.0 Å². The standard InChI is InChI=1S/C11H19N3O3/c1-4-9-12-10(17-13-9)8-14(3)7-6-11(15)16-5-2/h4-8H2,1-3H3. The molecule has 0 aliphatic rings. The first-order valence-electron chi connectivity index (χ1n) is 5.81. The average Bonchev–Trinajstić information content (AvgIpc) is 2.74. The molecule has 0 saturated carbocycles. The fourth-order valence-corrected chi connectivity index (χ4v) is 1.32. The van der Waals surface area contributed by atoms with E-state index in [1.165, 1.54) is 0 Å². The molecule has 17 heavy (non-hydrogen) atoms. The minimum Gasteiger partial charge on any atom is -0.466 e. The van der Waals surface area contributed by atoms with Crippen molar-refractivity contribution < 1.29 is 14.1 Å². The lowest BCUT2D eigenvalue weighted by atomic mass is 10.4. The molecule has 0 radical (unpaired) electrons. The van der Waals surface area contributed by atoms with E-state index < -0.39 is 0 Å². The number of nitrogens with zero attached hydrogens (tertiary/aromatic N) is 3. The third kappa shape index (κ3) is 4.95. The molecule has 0 fully saturated rings. The van der Waals surface area contributed by atoms with Gasteiger partial charge in [0.15, 0.2) is 5.82 Å². The molecule has 0 unspecified atom stereocenters. The number of carbonyl (C=O) groups is 1. The van der Waals surface area contributed by atoms with Crippen molar-refractivity contribution in [2.45, 2.75) is 33.2 Å². The van der Waals surface area contributed by atoms with Crippen LogP contribution in [0.25, 0.3) is 0 Å². The van der Waals surface area contributed by atoms with Crippen LogP contribution in [-0.2, 0) is 22.5 Å². The van der Waals surface area contributed by atoms with E-state index in [1.807, 2.05) is 18.9 Å². The molecular weight excluding hydrogens is 222 g/mol. The summed E-state index contributed by atoms with van der Waals surface area (Å²) in [6, 6.07) is 0. The molecule has 1 aromatic heterocycles. The summed E-state index contributed by atoms with van der Waals surface area (Å²) in [4.78, 5) is 17.3. The van der Waals surface area contributed by atoms with E-state index in [9.17, 15) is 4.79 Å². The highest BCUT2D eigenvalue weighted by Crippen LogP contribution is 2.02. The van der Waals surface area contributed by atoms with E-state index >= 15 is 0 Å². The molecule has 96 valence electrons. The molecule has 1 rings (SSSR count). The monoisotopic (exact) mass is 241 g/mol. The van der Waals surface area contributed by atoms with Crippen LogP contribution < -0.4 is 0 Å². The van der Waals surface area contributed by atoms with Crippen LogP contribution in [0.4, 0.5) is 0 Å². The zero-order chi connectivity index (χ0) is 12.7. The minimum atomic E-state index is -0.181. The van der Waals surface area contributed by atoms with E-state index in [2.05, 4.69) is 10.1 Å². The molecule has 0 atom stereocenters. The molecule has 0 spiro atoms. The van der Waals surface area contributed by atoms with Crippen LogP contribution in [0.3, 0.4) is 0 Å². The number of ether oxygens (including phenoxy) is 1. The number of hydrogen-bond donors (Lipinski definition) is 0. The molecule has 0 bridgehead atoms. The van der Waals surface area contributed by atoms with E-state index in [0.717, 1.165) is 6.42 Å². The van der Waals surface area contributed by atoms with Crippen LogP contribution in [0.2, 0.25) is 0 Å². The highest BCUT2D eigenvalue weighted by molar-refractivity contribution is 5.69. The summed E-state index contributed by atoms with van der Waals surface area (Å²) in [6.45, 7) is 5.35. The zero-order valence-electron chi connectivity index (χ0n) is 10.6. The summed E-state index contributed by atoms with van der Waals surface area (Å²) in [5.74, 6) is 1.10. The van der Waals surface area contributed by atoms with Crippen molar-refractivity contribution in [3.63, 3.8) is 0 Å². The molecule has 0 aliphatic heterocycles. The minimum absolute atomic E-state index is 0.181. The Bertz CT molecular complexity index is 351. The highest BCUT2D eigenvalue weighted by Gasteiger charge is 2.10. The largest absolute Gasteiger partial charge is 0.466 e. The summed E-state index contributed by atoms with van der Waals surface area (Å²) in [6.07, 6.45) is 1.13. The third-order valence-corrected chi connectivity index (χ3v) is 2.23. The number of carbonyl (C=O) groups excluding carboxylic acids is 1. The van der Waals surface area contributed by atoms with Gasteiger partial charge in [-0.1, -0.05) is 12.1 Å². The summed E-state index contributed by atoms with van der Waals surface area (Å²) in [5, 5.41) is 3.81. The van der Waals surface area contributed by atoms with Crippen molar-refractivity contribution in [3.05, 3.63) is 11.7 Å². The summed E-state index contributed by atoms with van der Waals surface area (Å²) >= 11 is 0. The number of esters is 1. The lowest BCUT2D eigenvalue weighted by Crippen LogP contribution is -2.22. The first-order valence-corrected chi connectivity index (χ1v) is 5.81. The molecule has 1 heterocycles. The van der Waals surface area contributed by atoms with Crippen molar-refractivity contribution >= 4 is 5.97 Å². The smallest absolute Gasteiger partial charge is 0.307 e. The van der Waals surface area contributed by atoms with E-state index in [1.54, 1.807) is 6.92 Å². The molecule has 0 aliphatic carbocycles. The van der Waals surface area contributed by atoms with Gasteiger partial charge < -0.3 is 9.26 Å². The van der Waals surface area contributed by atoms with Crippen LogP contribution in [0.5, 0.6) is 0 Å². The molecule has 6 nitrogen and oxygen atoms in total. The van der Waals surface area contributed by atoms with Gasteiger partial charge in [0.05, 0.1) is 19.6 Å². The second-order valence-electron chi connectivity index (χ2n) is 3.75. The normalized spacial score (nSPS) is 10.8. The van der Waals surface area contributed by atoms with Crippen molar-refractivity contribution in [2.24, 2.45) is 0 Å². The fraction of sp³-hybridized carbons (Fsp3) is 0.727. The van der Waals surface area contributed by atoms with Gasteiger partial charge in [-0.2, -0.15) is 4.98 Å². The topological polar surface area (TPSA) is 68.5 Å². The number of aromatic nitrogens is 2. The van der Waals surface area contributed by atoms with E-state index in [0.29, 0.717) is 37.8 Å². The van der Waals surface area contributed by atoms with Gasteiger partial charge in [0.25, 0.3) is 0 Å².